The molecule has 0 bridgehead atoms. The van der Waals surface area contributed by atoms with Gasteiger partial charge in [0.05, 0.1) is 24.7 Å². The maximum atomic E-state index is 12.3. The number of hydrogen-bond acceptors (Lipinski definition) is 5. The summed E-state index contributed by atoms with van der Waals surface area (Å²) in [6, 6.07) is 10.7. The van der Waals surface area contributed by atoms with E-state index in [2.05, 4.69) is 11.9 Å². The van der Waals surface area contributed by atoms with Crippen molar-refractivity contribution in [1.82, 2.24) is 5.32 Å². The number of benzene rings is 2. The monoisotopic (exact) mass is 393 g/mol. The molecule has 2 aromatic rings. The largest absolute Gasteiger partial charge is 0.496 e. The van der Waals surface area contributed by atoms with Crippen LogP contribution in [0.2, 0.25) is 0 Å². The predicted octanol–water partition coefficient (Wildman–Crippen LogP) is 3.37. The highest BCUT2D eigenvalue weighted by atomic mass is 16.5. The number of esters is 1. The predicted molar refractivity (Wildman–Crippen MR) is 108 cm³/mol. The zero-order valence-corrected chi connectivity index (χ0v) is 16.3. The van der Waals surface area contributed by atoms with E-state index in [1.807, 2.05) is 24.3 Å². The topological polar surface area (TPSA) is 81.7 Å². The number of fused-ring (bicyclic) bond motifs is 1. The Kier molecular flexibility index (Phi) is 6.44. The van der Waals surface area contributed by atoms with E-state index in [0.717, 1.165) is 30.4 Å². The summed E-state index contributed by atoms with van der Waals surface area (Å²) in [5.74, 6) is -0.748. The Balaban J connectivity index is 1.64. The van der Waals surface area contributed by atoms with Crippen LogP contribution < -0.4 is 10.1 Å². The molecule has 0 aromatic heterocycles. The van der Waals surface area contributed by atoms with Crippen LogP contribution in [0.15, 0.2) is 49.1 Å². The summed E-state index contributed by atoms with van der Waals surface area (Å²) in [5, 5.41) is 2.24. The van der Waals surface area contributed by atoms with Crippen molar-refractivity contribution in [2.24, 2.45) is 0 Å². The highest BCUT2D eigenvalue weighted by Crippen LogP contribution is 2.24. The zero-order chi connectivity index (χ0) is 20.8. The lowest BCUT2D eigenvalue weighted by molar-refractivity contribution is -0.144. The van der Waals surface area contributed by atoms with Gasteiger partial charge in [0.1, 0.15) is 12.4 Å². The lowest BCUT2D eigenvalue weighted by Crippen LogP contribution is -2.20. The third-order valence-corrected chi connectivity index (χ3v) is 4.80. The number of rotatable bonds is 9. The highest BCUT2D eigenvalue weighted by Gasteiger charge is 2.29. The van der Waals surface area contributed by atoms with Gasteiger partial charge in [-0.25, -0.2) is 0 Å². The Morgan fingerprint density at radius 3 is 2.72 bits per heavy atom. The van der Waals surface area contributed by atoms with Crippen molar-refractivity contribution in [2.45, 2.75) is 32.3 Å². The minimum absolute atomic E-state index is 0.0646. The van der Waals surface area contributed by atoms with E-state index in [9.17, 15) is 14.4 Å². The molecule has 1 aliphatic rings. The van der Waals surface area contributed by atoms with E-state index in [0.29, 0.717) is 11.3 Å². The Morgan fingerprint density at radius 1 is 1.14 bits per heavy atom. The van der Waals surface area contributed by atoms with Crippen molar-refractivity contribution in [2.75, 3.05) is 7.11 Å². The van der Waals surface area contributed by atoms with Gasteiger partial charge >= 0.3 is 5.97 Å². The zero-order valence-electron chi connectivity index (χ0n) is 16.3. The summed E-state index contributed by atoms with van der Waals surface area (Å²) in [4.78, 5) is 36.0. The van der Waals surface area contributed by atoms with Crippen molar-refractivity contribution in [3.8, 4) is 5.75 Å². The molecule has 6 heteroatoms. The molecule has 6 nitrogen and oxygen atoms in total. The van der Waals surface area contributed by atoms with E-state index in [-0.39, 0.29) is 24.2 Å². The SMILES string of the molecule is C=CCCCc1ccc(COC(=O)Cc2cccc3c2C(=O)NC3=O)c(OC)c1. The molecular formula is C23H23NO5. The number of unbranched alkanes of at least 4 members (excludes halogenated alkanes) is 1. The smallest absolute Gasteiger partial charge is 0.310 e. The van der Waals surface area contributed by atoms with E-state index in [1.54, 1.807) is 25.3 Å². The molecule has 150 valence electrons. The van der Waals surface area contributed by atoms with Gasteiger partial charge in [-0.05, 0) is 42.5 Å². The maximum Gasteiger partial charge on any atom is 0.310 e. The average Bonchev–Trinajstić information content (AvgIpc) is 3.01. The number of ether oxygens (including phenoxy) is 2. The molecular weight excluding hydrogens is 370 g/mol. The fraction of sp³-hybridized carbons (Fsp3) is 0.261. The van der Waals surface area contributed by atoms with Crippen molar-refractivity contribution in [3.05, 3.63) is 76.9 Å². The lowest BCUT2D eigenvalue weighted by atomic mass is 10.0. The minimum atomic E-state index is -0.484. The molecule has 0 radical (unpaired) electrons. The Hall–Kier alpha value is -3.41. The van der Waals surface area contributed by atoms with E-state index in [1.165, 1.54) is 0 Å². The maximum absolute atomic E-state index is 12.3. The molecule has 3 rings (SSSR count). The van der Waals surface area contributed by atoms with Crippen molar-refractivity contribution in [3.63, 3.8) is 0 Å². The average molecular weight is 393 g/mol. The minimum Gasteiger partial charge on any atom is -0.496 e. The van der Waals surface area contributed by atoms with E-state index >= 15 is 0 Å². The molecule has 0 atom stereocenters. The Morgan fingerprint density at radius 2 is 1.97 bits per heavy atom. The number of carbonyl (C=O) groups excluding carboxylic acids is 3. The van der Waals surface area contributed by atoms with Gasteiger partial charge in [-0.1, -0.05) is 30.3 Å². The number of methoxy groups -OCH3 is 1. The third kappa shape index (κ3) is 4.71. The van der Waals surface area contributed by atoms with Gasteiger partial charge in [-0.2, -0.15) is 0 Å². The van der Waals surface area contributed by atoms with Gasteiger partial charge in [0.25, 0.3) is 11.8 Å². The molecule has 0 saturated heterocycles. The number of hydrogen-bond donors (Lipinski definition) is 1. The second-order valence-electron chi connectivity index (χ2n) is 6.79. The number of allylic oxidation sites excluding steroid dienone is 1. The molecule has 29 heavy (non-hydrogen) atoms. The van der Waals surface area contributed by atoms with Crippen LogP contribution >= 0.6 is 0 Å². The lowest BCUT2D eigenvalue weighted by Gasteiger charge is -2.12. The van der Waals surface area contributed by atoms with Crippen LogP contribution in [-0.4, -0.2) is 24.9 Å². The number of imide groups is 1. The van der Waals surface area contributed by atoms with Crippen LogP contribution in [0.25, 0.3) is 0 Å². The molecule has 1 aliphatic heterocycles. The van der Waals surface area contributed by atoms with Gasteiger partial charge in [0.15, 0.2) is 0 Å². The highest BCUT2D eigenvalue weighted by molar-refractivity contribution is 6.22. The third-order valence-electron chi connectivity index (χ3n) is 4.80. The van der Waals surface area contributed by atoms with Crippen LogP contribution in [0, 0.1) is 0 Å². The van der Waals surface area contributed by atoms with Crippen molar-refractivity contribution < 1.29 is 23.9 Å². The van der Waals surface area contributed by atoms with Gasteiger partial charge in [-0.3, -0.25) is 19.7 Å². The van der Waals surface area contributed by atoms with Gasteiger partial charge in [-0.15, -0.1) is 6.58 Å². The Bertz CT molecular complexity index is 964. The molecule has 0 unspecified atom stereocenters. The first-order valence-electron chi connectivity index (χ1n) is 9.43. The van der Waals surface area contributed by atoms with Crippen molar-refractivity contribution in [1.29, 1.82) is 0 Å². The summed E-state index contributed by atoms with van der Waals surface area (Å²) in [7, 11) is 1.58. The summed E-state index contributed by atoms with van der Waals surface area (Å²) in [5.41, 5.74) is 2.92. The van der Waals surface area contributed by atoms with Crippen molar-refractivity contribution >= 4 is 17.8 Å². The van der Waals surface area contributed by atoms with Gasteiger partial charge < -0.3 is 9.47 Å². The molecule has 0 saturated carbocycles. The molecule has 1 heterocycles. The fourth-order valence-electron chi connectivity index (χ4n) is 3.32. The second kappa shape index (κ2) is 9.19. The van der Waals surface area contributed by atoms with Crippen LogP contribution in [0.3, 0.4) is 0 Å². The Labute approximate surface area is 169 Å². The van der Waals surface area contributed by atoms with E-state index < -0.39 is 17.8 Å². The summed E-state index contributed by atoms with van der Waals surface area (Å²) in [6.45, 7) is 3.79. The second-order valence-corrected chi connectivity index (χ2v) is 6.79. The summed E-state index contributed by atoms with van der Waals surface area (Å²) in [6.07, 6.45) is 4.69. The van der Waals surface area contributed by atoms with Gasteiger partial charge in [0.2, 0.25) is 0 Å². The quantitative estimate of drug-likeness (QED) is 0.306. The number of amides is 2. The van der Waals surface area contributed by atoms with Crippen LogP contribution in [-0.2, 0) is 29.0 Å². The van der Waals surface area contributed by atoms with Crippen LogP contribution in [0.5, 0.6) is 5.75 Å². The standard InChI is InChI=1S/C23H23NO5/c1-3-4-5-7-15-10-11-17(19(12-15)28-2)14-29-20(25)13-16-8-6-9-18-21(16)23(27)24-22(18)26/h3,6,8-12H,1,4-5,7,13-14H2,2H3,(H,24,26,27). The van der Waals surface area contributed by atoms with Crippen LogP contribution in [0.1, 0.15) is 50.2 Å². The molecule has 0 spiro atoms. The number of nitrogens with one attached hydrogen (secondary N) is 1. The number of aryl methyl sites for hydroxylation is 1. The number of carbonyl (C=O) groups is 3. The molecule has 1 N–H and O–H groups in total. The first kappa shape index (κ1) is 20.3. The molecule has 0 fully saturated rings. The molecule has 2 aromatic carbocycles. The van der Waals surface area contributed by atoms with Crippen LogP contribution in [0.4, 0.5) is 0 Å². The molecule has 0 aliphatic carbocycles. The molecule has 2 amide bonds. The summed E-state index contributed by atoms with van der Waals surface area (Å²) < 4.78 is 10.8. The fourth-order valence-corrected chi connectivity index (χ4v) is 3.32. The normalized spacial score (nSPS) is 12.3. The first-order chi connectivity index (χ1) is 14.0. The first-order valence-corrected chi connectivity index (χ1v) is 9.43. The van der Waals surface area contributed by atoms with E-state index in [4.69, 9.17) is 9.47 Å². The van der Waals surface area contributed by atoms with Gasteiger partial charge in [0, 0.05) is 5.56 Å². The summed E-state index contributed by atoms with van der Waals surface area (Å²) >= 11 is 0.